The van der Waals surface area contributed by atoms with Crippen molar-refractivity contribution in [1.82, 2.24) is 9.66 Å². The molecule has 2 aromatic rings. The average Bonchev–Trinajstić information content (AvgIpc) is 2.57. The van der Waals surface area contributed by atoms with Gasteiger partial charge in [-0.3, -0.25) is 0 Å². The molecule has 1 aromatic carbocycles. The number of rotatable bonds is 2. The Morgan fingerprint density at radius 2 is 2.06 bits per heavy atom. The standard InChI is InChI=1S/C12H15ClFN3/c1-7-5-11-10(6-9(7)14)15-12(8(2)13)17(11)16(3)4/h5-6,8H,1-4H3. The predicted molar refractivity (Wildman–Crippen MR) is 68.8 cm³/mol. The number of aryl methyl sites for hydroxylation is 1. The van der Waals surface area contributed by atoms with E-state index in [2.05, 4.69) is 4.98 Å². The van der Waals surface area contributed by atoms with Crippen LogP contribution in [0.1, 0.15) is 23.7 Å². The number of hydrogen-bond donors (Lipinski definition) is 0. The number of hydrogen-bond acceptors (Lipinski definition) is 2. The van der Waals surface area contributed by atoms with E-state index in [-0.39, 0.29) is 11.2 Å². The monoisotopic (exact) mass is 255 g/mol. The lowest BCUT2D eigenvalue weighted by molar-refractivity contribution is 0.620. The Morgan fingerprint density at radius 1 is 1.41 bits per heavy atom. The van der Waals surface area contributed by atoms with Crippen molar-refractivity contribution in [3.8, 4) is 0 Å². The van der Waals surface area contributed by atoms with Crippen molar-refractivity contribution in [2.75, 3.05) is 19.1 Å². The van der Waals surface area contributed by atoms with Gasteiger partial charge in [-0.1, -0.05) is 0 Å². The highest BCUT2D eigenvalue weighted by molar-refractivity contribution is 6.20. The van der Waals surface area contributed by atoms with Crippen LogP contribution in [0.2, 0.25) is 0 Å². The number of halogens is 2. The van der Waals surface area contributed by atoms with Gasteiger partial charge in [0.25, 0.3) is 0 Å². The lowest BCUT2D eigenvalue weighted by Gasteiger charge is -2.19. The molecule has 0 fully saturated rings. The van der Waals surface area contributed by atoms with Gasteiger partial charge in [0, 0.05) is 20.2 Å². The summed E-state index contributed by atoms with van der Waals surface area (Å²) in [6.07, 6.45) is 0. The second-order valence-corrected chi connectivity index (χ2v) is 4.99. The van der Waals surface area contributed by atoms with Crippen LogP contribution in [0.4, 0.5) is 4.39 Å². The predicted octanol–water partition coefficient (Wildman–Crippen LogP) is 2.98. The maximum Gasteiger partial charge on any atom is 0.146 e. The molecule has 0 aliphatic heterocycles. The molecule has 3 nitrogen and oxygen atoms in total. The van der Waals surface area contributed by atoms with E-state index in [0.717, 1.165) is 11.3 Å². The Balaban J connectivity index is 2.80. The largest absolute Gasteiger partial charge is 0.317 e. The van der Waals surface area contributed by atoms with Crippen LogP contribution in [0.15, 0.2) is 12.1 Å². The van der Waals surface area contributed by atoms with Gasteiger partial charge in [0.1, 0.15) is 11.6 Å². The number of aromatic nitrogens is 2. The molecule has 17 heavy (non-hydrogen) atoms. The molecule has 0 bridgehead atoms. The molecule has 2 rings (SSSR count). The zero-order chi connectivity index (χ0) is 12.7. The van der Waals surface area contributed by atoms with Crippen molar-refractivity contribution >= 4 is 22.6 Å². The first-order chi connectivity index (χ1) is 7.91. The first-order valence-electron chi connectivity index (χ1n) is 5.42. The zero-order valence-electron chi connectivity index (χ0n) is 10.3. The maximum atomic E-state index is 13.5. The molecule has 0 radical (unpaired) electrons. The number of nitrogens with zero attached hydrogens (tertiary/aromatic N) is 3. The summed E-state index contributed by atoms with van der Waals surface area (Å²) in [5.74, 6) is 0.478. The summed E-state index contributed by atoms with van der Waals surface area (Å²) >= 11 is 6.10. The van der Waals surface area contributed by atoms with E-state index in [9.17, 15) is 4.39 Å². The third kappa shape index (κ3) is 1.97. The fourth-order valence-electron chi connectivity index (χ4n) is 1.89. The average molecular weight is 256 g/mol. The van der Waals surface area contributed by atoms with Crippen LogP contribution in [-0.2, 0) is 0 Å². The fourth-order valence-corrected chi connectivity index (χ4v) is 2.03. The summed E-state index contributed by atoms with van der Waals surface area (Å²) in [6, 6.07) is 3.24. The van der Waals surface area contributed by atoms with Gasteiger partial charge in [-0.05, 0) is 25.5 Å². The zero-order valence-corrected chi connectivity index (χ0v) is 11.1. The molecule has 0 spiro atoms. The topological polar surface area (TPSA) is 21.1 Å². The van der Waals surface area contributed by atoms with Crippen molar-refractivity contribution in [3.63, 3.8) is 0 Å². The van der Waals surface area contributed by atoms with Gasteiger partial charge in [0.15, 0.2) is 0 Å². The van der Waals surface area contributed by atoms with Crippen LogP contribution in [0, 0.1) is 12.7 Å². The first-order valence-corrected chi connectivity index (χ1v) is 5.85. The van der Waals surface area contributed by atoms with E-state index in [0.29, 0.717) is 11.1 Å². The van der Waals surface area contributed by atoms with E-state index < -0.39 is 0 Å². The fraction of sp³-hybridized carbons (Fsp3) is 0.417. The van der Waals surface area contributed by atoms with E-state index in [1.165, 1.54) is 6.07 Å². The second kappa shape index (κ2) is 4.18. The molecular formula is C12H15ClFN3. The van der Waals surface area contributed by atoms with E-state index in [1.54, 1.807) is 13.0 Å². The molecule has 5 heteroatoms. The molecule has 1 heterocycles. The molecule has 0 amide bonds. The van der Waals surface area contributed by atoms with Gasteiger partial charge >= 0.3 is 0 Å². The maximum absolute atomic E-state index is 13.5. The van der Waals surface area contributed by atoms with Crippen LogP contribution in [0.5, 0.6) is 0 Å². The highest BCUT2D eigenvalue weighted by Gasteiger charge is 2.17. The molecule has 0 aliphatic carbocycles. The van der Waals surface area contributed by atoms with Gasteiger partial charge < -0.3 is 5.01 Å². The second-order valence-electron chi connectivity index (χ2n) is 4.34. The molecule has 92 valence electrons. The van der Waals surface area contributed by atoms with E-state index in [4.69, 9.17) is 11.6 Å². The Hall–Kier alpha value is -1.29. The van der Waals surface area contributed by atoms with Gasteiger partial charge in [-0.15, -0.1) is 11.6 Å². The number of alkyl halides is 1. The molecular weight excluding hydrogens is 241 g/mol. The van der Waals surface area contributed by atoms with Crippen molar-refractivity contribution < 1.29 is 4.39 Å². The summed E-state index contributed by atoms with van der Waals surface area (Å²) < 4.78 is 15.4. The molecule has 1 atom stereocenters. The third-order valence-electron chi connectivity index (χ3n) is 2.69. The SMILES string of the molecule is Cc1cc2c(cc1F)nc(C(C)Cl)n2N(C)C. The van der Waals surface area contributed by atoms with E-state index >= 15 is 0 Å². The Bertz CT molecular complexity index is 560. The lowest BCUT2D eigenvalue weighted by Crippen LogP contribution is -2.27. The van der Waals surface area contributed by atoms with Crippen LogP contribution in [0.3, 0.4) is 0 Å². The van der Waals surface area contributed by atoms with Crippen molar-refractivity contribution in [2.24, 2.45) is 0 Å². The number of imidazole rings is 1. The Kier molecular flexibility index (Phi) is 3.00. The van der Waals surface area contributed by atoms with Crippen molar-refractivity contribution in [2.45, 2.75) is 19.2 Å². The highest BCUT2D eigenvalue weighted by Crippen LogP contribution is 2.26. The Labute approximate surface area is 105 Å². The Morgan fingerprint density at radius 3 is 2.59 bits per heavy atom. The normalized spacial score (nSPS) is 13.1. The van der Waals surface area contributed by atoms with Gasteiger partial charge in [-0.2, -0.15) is 0 Å². The minimum absolute atomic E-state index is 0.229. The number of benzene rings is 1. The van der Waals surface area contributed by atoms with Crippen LogP contribution < -0.4 is 5.01 Å². The minimum Gasteiger partial charge on any atom is -0.317 e. The summed E-state index contributed by atoms with van der Waals surface area (Å²) in [5, 5.41) is 1.66. The quantitative estimate of drug-likeness (QED) is 0.770. The summed E-state index contributed by atoms with van der Waals surface area (Å²) in [7, 11) is 3.81. The van der Waals surface area contributed by atoms with E-state index in [1.807, 2.05) is 30.7 Å². The highest BCUT2D eigenvalue weighted by atomic mass is 35.5. The summed E-state index contributed by atoms with van der Waals surface area (Å²) in [6.45, 7) is 3.59. The lowest BCUT2D eigenvalue weighted by atomic mass is 10.2. The summed E-state index contributed by atoms with van der Waals surface area (Å²) in [4.78, 5) is 4.38. The smallest absolute Gasteiger partial charge is 0.146 e. The van der Waals surface area contributed by atoms with Gasteiger partial charge in [0.05, 0.1) is 16.4 Å². The third-order valence-corrected chi connectivity index (χ3v) is 2.89. The van der Waals surface area contributed by atoms with Crippen LogP contribution >= 0.6 is 11.6 Å². The summed E-state index contributed by atoms with van der Waals surface area (Å²) in [5.41, 5.74) is 2.11. The molecule has 0 N–H and O–H groups in total. The number of fused-ring (bicyclic) bond motifs is 1. The van der Waals surface area contributed by atoms with Crippen LogP contribution in [-0.4, -0.2) is 23.8 Å². The van der Waals surface area contributed by atoms with Crippen LogP contribution in [0.25, 0.3) is 11.0 Å². The van der Waals surface area contributed by atoms with Crippen molar-refractivity contribution in [1.29, 1.82) is 0 Å². The van der Waals surface area contributed by atoms with Gasteiger partial charge in [0.2, 0.25) is 0 Å². The molecule has 1 unspecified atom stereocenters. The molecule has 1 aromatic heterocycles. The molecule has 0 saturated heterocycles. The minimum atomic E-state index is -0.241. The molecule has 0 saturated carbocycles. The first kappa shape index (κ1) is 12.2. The van der Waals surface area contributed by atoms with Crippen molar-refractivity contribution in [3.05, 3.63) is 29.3 Å². The van der Waals surface area contributed by atoms with Gasteiger partial charge in [-0.25, -0.2) is 14.1 Å². The molecule has 0 aliphatic rings.